The number of aromatic hydroxyl groups is 1. The highest BCUT2D eigenvalue weighted by atomic mass is 16.7. The first-order chi connectivity index (χ1) is 14.9. The molecule has 1 heterocycles. The van der Waals surface area contributed by atoms with Crippen LogP contribution in [0.25, 0.3) is 6.08 Å². The van der Waals surface area contributed by atoms with Gasteiger partial charge in [-0.15, -0.1) is 0 Å². The van der Waals surface area contributed by atoms with Crippen molar-refractivity contribution in [3.8, 4) is 11.5 Å². The number of benzene rings is 2. The van der Waals surface area contributed by atoms with Crippen LogP contribution in [0.5, 0.6) is 11.5 Å². The van der Waals surface area contributed by atoms with Crippen molar-refractivity contribution in [1.29, 1.82) is 0 Å². The van der Waals surface area contributed by atoms with Crippen LogP contribution in [-0.2, 0) is 20.9 Å². The van der Waals surface area contributed by atoms with Gasteiger partial charge in [-0.25, -0.2) is 4.79 Å². The summed E-state index contributed by atoms with van der Waals surface area (Å²) in [6.45, 7) is -0.705. The Labute approximate surface area is 178 Å². The zero-order valence-electron chi connectivity index (χ0n) is 16.4. The van der Waals surface area contributed by atoms with E-state index in [9.17, 15) is 30.3 Å². The number of phenols is 1. The molecule has 31 heavy (non-hydrogen) atoms. The van der Waals surface area contributed by atoms with Gasteiger partial charge >= 0.3 is 5.97 Å². The molecule has 5 atom stereocenters. The van der Waals surface area contributed by atoms with E-state index in [1.165, 1.54) is 24.3 Å². The summed E-state index contributed by atoms with van der Waals surface area (Å²) in [5.74, 6) is -0.375. The normalized spacial score (nSPS) is 26.0. The minimum absolute atomic E-state index is 0.0993. The Morgan fingerprint density at radius 3 is 2.42 bits per heavy atom. The maximum atomic E-state index is 12.0. The van der Waals surface area contributed by atoms with Crippen molar-refractivity contribution in [3.63, 3.8) is 0 Å². The van der Waals surface area contributed by atoms with E-state index in [-0.39, 0.29) is 18.1 Å². The lowest BCUT2D eigenvalue weighted by atomic mass is 9.99. The Morgan fingerprint density at radius 1 is 1.00 bits per heavy atom. The smallest absolute Gasteiger partial charge is 0.330 e. The fourth-order valence-corrected chi connectivity index (χ4v) is 2.99. The maximum absolute atomic E-state index is 12.0. The Hall–Kier alpha value is -2.95. The second kappa shape index (κ2) is 10.4. The van der Waals surface area contributed by atoms with Crippen LogP contribution in [0.2, 0.25) is 0 Å². The number of hydrogen-bond acceptors (Lipinski definition) is 9. The van der Waals surface area contributed by atoms with Gasteiger partial charge in [0, 0.05) is 11.6 Å². The molecule has 5 N–H and O–H groups in total. The summed E-state index contributed by atoms with van der Waals surface area (Å²) in [7, 11) is 0. The van der Waals surface area contributed by atoms with E-state index >= 15 is 0 Å². The average Bonchev–Trinajstić information content (AvgIpc) is 2.78. The molecule has 1 aliphatic rings. The first-order valence-electron chi connectivity index (χ1n) is 9.58. The number of aliphatic hydroxyl groups is 4. The van der Waals surface area contributed by atoms with Gasteiger partial charge in [0.05, 0.1) is 6.61 Å². The first kappa shape index (κ1) is 22.7. The molecule has 0 spiro atoms. The molecule has 0 radical (unpaired) electrons. The summed E-state index contributed by atoms with van der Waals surface area (Å²) in [5, 5.41) is 49.2. The van der Waals surface area contributed by atoms with E-state index in [0.717, 1.165) is 0 Å². The molecule has 9 nitrogen and oxygen atoms in total. The summed E-state index contributed by atoms with van der Waals surface area (Å²) in [4.78, 5) is 12.0. The number of hydrogen-bond donors (Lipinski definition) is 5. The predicted molar refractivity (Wildman–Crippen MR) is 108 cm³/mol. The fraction of sp³-hybridized carbons (Fsp3) is 0.318. The van der Waals surface area contributed by atoms with Crippen LogP contribution in [-0.4, -0.2) is 68.8 Å². The molecule has 2 aromatic rings. The van der Waals surface area contributed by atoms with Gasteiger partial charge in [-0.3, -0.25) is 0 Å². The molecule has 166 valence electrons. The maximum Gasteiger partial charge on any atom is 0.330 e. The molecule has 0 aliphatic carbocycles. The minimum atomic E-state index is -1.60. The SMILES string of the molecule is O=C(/C=C/c1ccc(O)cc1)OCC1OC(Oc2ccccc2CO)C(O)C(O)C1O. The van der Waals surface area contributed by atoms with Crippen molar-refractivity contribution < 1.29 is 44.5 Å². The molecule has 1 aliphatic heterocycles. The quantitative estimate of drug-likeness (QED) is 0.308. The Morgan fingerprint density at radius 2 is 1.71 bits per heavy atom. The highest BCUT2D eigenvalue weighted by Gasteiger charge is 2.45. The van der Waals surface area contributed by atoms with Crippen molar-refractivity contribution in [1.82, 2.24) is 0 Å². The number of rotatable bonds is 7. The zero-order valence-corrected chi connectivity index (χ0v) is 16.4. The van der Waals surface area contributed by atoms with E-state index in [1.54, 1.807) is 36.4 Å². The van der Waals surface area contributed by atoms with Crippen LogP contribution >= 0.6 is 0 Å². The van der Waals surface area contributed by atoms with Crippen LogP contribution < -0.4 is 4.74 Å². The molecule has 0 aromatic heterocycles. The molecule has 9 heteroatoms. The summed E-state index contributed by atoms with van der Waals surface area (Å²) in [6.07, 6.45) is -4.55. The minimum Gasteiger partial charge on any atom is -0.508 e. The van der Waals surface area contributed by atoms with Crippen LogP contribution in [0.1, 0.15) is 11.1 Å². The van der Waals surface area contributed by atoms with Crippen molar-refractivity contribution in [2.24, 2.45) is 0 Å². The number of aliphatic hydroxyl groups excluding tert-OH is 4. The number of carbonyl (C=O) groups is 1. The van der Waals surface area contributed by atoms with Gasteiger partial charge in [-0.2, -0.15) is 0 Å². The molecule has 1 fully saturated rings. The third kappa shape index (κ3) is 5.81. The van der Waals surface area contributed by atoms with Crippen molar-refractivity contribution in [3.05, 3.63) is 65.7 Å². The van der Waals surface area contributed by atoms with Crippen LogP contribution in [0.15, 0.2) is 54.6 Å². The van der Waals surface area contributed by atoms with Gasteiger partial charge in [0.1, 0.15) is 42.5 Å². The number of ether oxygens (including phenoxy) is 3. The summed E-state index contributed by atoms with van der Waals surface area (Å²) < 4.78 is 16.2. The fourth-order valence-electron chi connectivity index (χ4n) is 2.99. The number of phenolic OH excluding ortho intramolecular Hbond substituents is 1. The number of para-hydroxylation sites is 1. The molecular formula is C22H24O9. The highest BCUT2D eigenvalue weighted by Crippen LogP contribution is 2.26. The molecule has 3 rings (SSSR count). The Bertz CT molecular complexity index is 896. The summed E-state index contributed by atoms with van der Waals surface area (Å²) in [6, 6.07) is 12.7. The van der Waals surface area contributed by atoms with E-state index in [2.05, 4.69) is 0 Å². The third-order valence-corrected chi connectivity index (χ3v) is 4.75. The molecule has 0 bridgehead atoms. The molecule has 1 saturated heterocycles. The second-order valence-corrected chi connectivity index (χ2v) is 6.95. The van der Waals surface area contributed by atoms with Crippen molar-refractivity contribution in [2.45, 2.75) is 37.3 Å². The van der Waals surface area contributed by atoms with E-state index in [0.29, 0.717) is 11.1 Å². The number of esters is 1. The van der Waals surface area contributed by atoms with Crippen molar-refractivity contribution >= 4 is 12.0 Å². The second-order valence-electron chi connectivity index (χ2n) is 6.95. The lowest BCUT2D eigenvalue weighted by Gasteiger charge is -2.40. The van der Waals surface area contributed by atoms with Crippen molar-refractivity contribution in [2.75, 3.05) is 6.61 Å². The summed E-state index contributed by atoms with van der Waals surface area (Å²) >= 11 is 0. The van der Waals surface area contributed by atoms with Gasteiger partial charge in [-0.05, 0) is 29.8 Å². The molecular weight excluding hydrogens is 408 g/mol. The van der Waals surface area contributed by atoms with Gasteiger partial charge in [-0.1, -0.05) is 30.3 Å². The van der Waals surface area contributed by atoms with Gasteiger partial charge in [0.15, 0.2) is 0 Å². The van der Waals surface area contributed by atoms with Crippen LogP contribution in [0, 0.1) is 0 Å². The van der Waals surface area contributed by atoms with E-state index in [1.807, 2.05) is 0 Å². The standard InChI is InChI=1S/C22H24O9/c23-11-14-3-1-2-4-16(14)30-22-21(28)20(27)19(26)17(31-22)12-29-18(25)10-7-13-5-8-15(24)9-6-13/h1-10,17,19-24,26-28H,11-12H2/b10-7+. The van der Waals surface area contributed by atoms with E-state index < -0.39 is 43.3 Å². The molecule has 0 amide bonds. The topological polar surface area (TPSA) is 146 Å². The van der Waals surface area contributed by atoms with Gasteiger partial charge in [0.25, 0.3) is 0 Å². The Balaban J connectivity index is 1.60. The molecule has 2 aromatic carbocycles. The number of carbonyl (C=O) groups excluding carboxylic acids is 1. The largest absolute Gasteiger partial charge is 0.508 e. The third-order valence-electron chi connectivity index (χ3n) is 4.75. The van der Waals surface area contributed by atoms with E-state index in [4.69, 9.17) is 14.2 Å². The van der Waals surface area contributed by atoms with Crippen LogP contribution in [0.3, 0.4) is 0 Å². The Kier molecular flexibility index (Phi) is 7.61. The zero-order chi connectivity index (χ0) is 22.4. The molecule has 0 saturated carbocycles. The monoisotopic (exact) mass is 432 g/mol. The van der Waals surface area contributed by atoms with Crippen LogP contribution in [0.4, 0.5) is 0 Å². The summed E-state index contributed by atoms with van der Waals surface area (Å²) in [5.41, 5.74) is 1.11. The lowest BCUT2D eigenvalue weighted by molar-refractivity contribution is -0.278. The lowest BCUT2D eigenvalue weighted by Crippen LogP contribution is -2.60. The highest BCUT2D eigenvalue weighted by molar-refractivity contribution is 5.87. The average molecular weight is 432 g/mol. The molecule has 5 unspecified atom stereocenters. The predicted octanol–water partition coefficient (Wildman–Crippen LogP) is 0.327. The van der Waals surface area contributed by atoms with Gasteiger partial charge < -0.3 is 39.7 Å². The first-order valence-corrected chi connectivity index (χ1v) is 9.58. The van der Waals surface area contributed by atoms with Gasteiger partial charge in [0.2, 0.25) is 6.29 Å².